The molecular weight excluding hydrogens is 309 g/mol. The van der Waals surface area contributed by atoms with Crippen LogP contribution in [0.2, 0.25) is 0 Å². The van der Waals surface area contributed by atoms with Crippen molar-refractivity contribution in [3.05, 3.63) is 33.7 Å². The van der Waals surface area contributed by atoms with E-state index in [4.69, 9.17) is 4.42 Å². The van der Waals surface area contributed by atoms with Crippen molar-refractivity contribution in [3.63, 3.8) is 0 Å². The van der Waals surface area contributed by atoms with Crippen molar-refractivity contribution in [3.8, 4) is 0 Å². The normalized spacial score (nSPS) is 11.7. The van der Waals surface area contributed by atoms with Crippen molar-refractivity contribution >= 4 is 26.9 Å². The van der Waals surface area contributed by atoms with Gasteiger partial charge in [0.05, 0.1) is 16.4 Å². The summed E-state index contributed by atoms with van der Waals surface area (Å²) in [6.07, 6.45) is 1.80. The fourth-order valence-electron chi connectivity index (χ4n) is 2.19. The molecule has 19 heavy (non-hydrogen) atoms. The van der Waals surface area contributed by atoms with Crippen molar-refractivity contribution in [2.45, 2.75) is 46.2 Å². The fraction of sp³-hybridized carbons (Fsp3) is 0.467. The molecule has 1 aromatic heterocycles. The summed E-state index contributed by atoms with van der Waals surface area (Å²) in [4.78, 5) is 0. The summed E-state index contributed by atoms with van der Waals surface area (Å²) in [5, 5.41) is 3.95. The highest BCUT2D eigenvalue weighted by Gasteiger charge is 2.18. The third-order valence-electron chi connectivity index (χ3n) is 3.09. The average Bonchev–Trinajstić information content (AvgIpc) is 2.72. The summed E-state index contributed by atoms with van der Waals surface area (Å²) in [5.74, 6) is 0.637. The maximum Gasteiger partial charge on any atom is 0.151 e. The summed E-state index contributed by atoms with van der Waals surface area (Å²) >= 11 is 3.43. The van der Waals surface area contributed by atoms with E-state index in [0.717, 1.165) is 28.6 Å². The molecule has 0 saturated carbocycles. The summed E-state index contributed by atoms with van der Waals surface area (Å²) in [5.41, 5.74) is 1.61. The minimum atomic E-state index is -0.207. The Hall–Kier alpha value is -0.870. The van der Waals surface area contributed by atoms with Crippen molar-refractivity contribution in [2.24, 2.45) is 0 Å². The first-order valence-electron chi connectivity index (χ1n) is 6.66. The van der Waals surface area contributed by atoms with E-state index in [1.807, 2.05) is 0 Å². The quantitative estimate of drug-likeness (QED) is 0.854. The van der Waals surface area contributed by atoms with E-state index >= 15 is 0 Å². The largest absolute Gasteiger partial charge is 0.458 e. The van der Waals surface area contributed by atoms with Gasteiger partial charge in [-0.15, -0.1) is 0 Å². The van der Waals surface area contributed by atoms with Crippen LogP contribution in [-0.4, -0.2) is 6.04 Å². The molecule has 1 aromatic carbocycles. The van der Waals surface area contributed by atoms with Crippen molar-refractivity contribution in [1.82, 2.24) is 5.32 Å². The second kappa shape index (κ2) is 6.06. The molecule has 4 heteroatoms. The van der Waals surface area contributed by atoms with Gasteiger partial charge in [-0.3, -0.25) is 0 Å². The summed E-state index contributed by atoms with van der Waals surface area (Å²) in [7, 11) is 0. The van der Waals surface area contributed by atoms with Gasteiger partial charge in [-0.2, -0.15) is 0 Å². The van der Waals surface area contributed by atoms with Crippen LogP contribution in [0.5, 0.6) is 0 Å². The Labute approximate surface area is 121 Å². The van der Waals surface area contributed by atoms with E-state index < -0.39 is 0 Å². The van der Waals surface area contributed by atoms with E-state index in [-0.39, 0.29) is 5.82 Å². The van der Waals surface area contributed by atoms with E-state index in [0.29, 0.717) is 23.6 Å². The van der Waals surface area contributed by atoms with Gasteiger partial charge in [-0.1, -0.05) is 27.2 Å². The number of nitrogens with one attached hydrogen (secondary N) is 1. The maximum absolute atomic E-state index is 14.1. The highest BCUT2D eigenvalue weighted by atomic mass is 79.9. The van der Waals surface area contributed by atoms with Gasteiger partial charge in [0, 0.05) is 11.6 Å². The molecule has 2 rings (SSSR count). The number of hydrogen-bond donors (Lipinski definition) is 1. The van der Waals surface area contributed by atoms with Crippen molar-refractivity contribution in [1.29, 1.82) is 0 Å². The van der Waals surface area contributed by atoms with Crippen molar-refractivity contribution in [2.75, 3.05) is 0 Å². The zero-order chi connectivity index (χ0) is 14.0. The zero-order valence-corrected chi connectivity index (χ0v) is 13.1. The van der Waals surface area contributed by atoms with Gasteiger partial charge in [0.2, 0.25) is 0 Å². The molecule has 0 aliphatic heterocycles. The number of rotatable bonds is 5. The topological polar surface area (TPSA) is 25.2 Å². The van der Waals surface area contributed by atoms with E-state index in [1.54, 1.807) is 6.07 Å². The predicted molar refractivity (Wildman–Crippen MR) is 79.8 cm³/mol. The molecule has 2 aromatic rings. The van der Waals surface area contributed by atoms with Crippen LogP contribution in [-0.2, 0) is 13.0 Å². The smallest absolute Gasteiger partial charge is 0.151 e. The first-order valence-corrected chi connectivity index (χ1v) is 7.45. The molecule has 1 N–H and O–H groups in total. The average molecular weight is 328 g/mol. The molecule has 0 aliphatic carbocycles. The first-order chi connectivity index (χ1) is 9.04. The Kier molecular flexibility index (Phi) is 4.63. The number of furan rings is 1. The third kappa shape index (κ3) is 3.00. The van der Waals surface area contributed by atoms with Crippen molar-refractivity contribution < 1.29 is 8.81 Å². The standard InChI is InChI=1S/C15H19BrFNO/c1-4-5-10-13(8-18-9(2)3)19-15-11(16)6-7-12(17)14(10)15/h6-7,9,18H,4-5,8H2,1-3H3. The van der Waals surface area contributed by atoms with Gasteiger partial charge in [0.1, 0.15) is 11.6 Å². The molecule has 0 amide bonds. The lowest BCUT2D eigenvalue weighted by molar-refractivity contribution is 0.482. The number of hydrogen-bond acceptors (Lipinski definition) is 2. The van der Waals surface area contributed by atoms with Gasteiger partial charge in [0.15, 0.2) is 5.58 Å². The number of fused-ring (bicyclic) bond motifs is 1. The summed E-state index contributed by atoms with van der Waals surface area (Å²) in [6, 6.07) is 3.55. The predicted octanol–water partition coefficient (Wildman–Crippen LogP) is 4.78. The van der Waals surface area contributed by atoms with Crippen LogP contribution in [0.15, 0.2) is 21.0 Å². The number of halogens is 2. The minimum absolute atomic E-state index is 0.207. The van der Waals surface area contributed by atoms with Gasteiger partial charge >= 0.3 is 0 Å². The molecule has 0 unspecified atom stereocenters. The highest BCUT2D eigenvalue weighted by Crippen LogP contribution is 2.34. The van der Waals surface area contributed by atoms with Crippen LogP contribution in [0, 0.1) is 5.82 Å². The molecular formula is C15H19BrFNO. The van der Waals surface area contributed by atoms with Crippen LogP contribution in [0.1, 0.15) is 38.5 Å². The van der Waals surface area contributed by atoms with Gasteiger partial charge in [-0.05, 0) is 34.5 Å². The summed E-state index contributed by atoms with van der Waals surface area (Å²) < 4.78 is 20.7. The van der Waals surface area contributed by atoms with Crippen LogP contribution >= 0.6 is 15.9 Å². The van der Waals surface area contributed by atoms with Crippen LogP contribution in [0.4, 0.5) is 4.39 Å². The molecule has 0 spiro atoms. The molecule has 0 atom stereocenters. The van der Waals surface area contributed by atoms with Crippen LogP contribution < -0.4 is 5.32 Å². The Morgan fingerprint density at radius 1 is 1.37 bits per heavy atom. The number of aryl methyl sites for hydroxylation is 1. The lowest BCUT2D eigenvalue weighted by atomic mass is 10.1. The lowest BCUT2D eigenvalue weighted by Crippen LogP contribution is -2.22. The third-order valence-corrected chi connectivity index (χ3v) is 3.72. The molecule has 1 heterocycles. The lowest BCUT2D eigenvalue weighted by Gasteiger charge is -2.07. The Morgan fingerprint density at radius 3 is 2.74 bits per heavy atom. The highest BCUT2D eigenvalue weighted by molar-refractivity contribution is 9.10. The van der Waals surface area contributed by atoms with Crippen LogP contribution in [0.3, 0.4) is 0 Å². The molecule has 0 bridgehead atoms. The van der Waals surface area contributed by atoms with Gasteiger partial charge in [-0.25, -0.2) is 4.39 Å². The Balaban J connectivity index is 2.53. The minimum Gasteiger partial charge on any atom is -0.458 e. The van der Waals surface area contributed by atoms with E-state index in [1.165, 1.54) is 6.07 Å². The SMILES string of the molecule is CCCc1c(CNC(C)C)oc2c(Br)ccc(F)c12. The summed E-state index contributed by atoms with van der Waals surface area (Å²) in [6.45, 7) is 6.89. The zero-order valence-electron chi connectivity index (χ0n) is 11.5. The second-order valence-electron chi connectivity index (χ2n) is 5.02. The molecule has 0 aliphatic rings. The van der Waals surface area contributed by atoms with Crippen LogP contribution in [0.25, 0.3) is 11.0 Å². The Morgan fingerprint density at radius 2 is 2.11 bits per heavy atom. The Bertz CT molecular complexity index is 577. The molecule has 104 valence electrons. The number of benzene rings is 1. The first kappa shape index (κ1) is 14.5. The monoisotopic (exact) mass is 327 g/mol. The van der Waals surface area contributed by atoms with E-state index in [9.17, 15) is 4.39 Å². The molecule has 0 saturated heterocycles. The van der Waals surface area contributed by atoms with E-state index in [2.05, 4.69) is 42.0 Å². The van der Waals surface area contributed by atoms with Gasteiger partial charge < -0.3 is 9.73 Å². The second-order valence-corrected chi connectivity index (χ2v) is 5.88. The molecule has 0 fully saturated rings. The fourth-order valence-corrected chi connectivity index (χ4v) is 2.60. The molecule has 0 radical (unpaired) electrons. The molecule has 2 nitrogen and oxygen atoms in total. The maximum atomic E-state index is 14.1. The van der Waals surface area contributed by atoms with Gasteiger partial charge in [0.25, 0.3) is 0 Å².